The summed E-state index contributed by atoms with van der Waals surface area (Å²) in [6.45, 7) is 1.38. The smallest absolute Gasteiger partial charge is 0.137 e. The van der Waals surface area contributed by atoms with Crippen molar-refractivity contribution in [1.29, 1.82) is 0 Å². The van der Waals surface area contributed by atoms with Crippen LogP contribution in [-0.2, 0) is 13.0 Å². The average Bonchev–Trinajstić information content (AvgIpc) is 2.41. The van der Waals surface area contributed by atoms with Crippen LogP contribution in [0.4, 0.5) is 8.78 Å². The Morgan fingerprint density at radius 1 is 0.947 bits per heavy atom. The second-order valence-corrected chi connectivity index (χ2v) is 5.16. The Labute approximate surface area is 119 Å². The zero-order valence-electron chi connectivity index (χ0n) is 10.3. The number of halogens is 3. The Morgan fingerprint density at radius 2 is 1.63 bits per heavy atom. The Bertz CT molecular complexity index is 540. The molecular formula is C15H14BrF2N. The maximum Gasteiger partial charge on any atom is 0.137 e. The van der Waals surface area contributed by atoms with Crippen LogP contribution in [0.25, 0.3) is 0 Å². The zero-order chi connectivity index (χ0) is 13.7. The average molecular weight is 326 g/mol. The van der Waals surface area contributed by atoms with E-state index in [4.69, 9.17) is 0 Å². The number of nitrogens with one attached hydrogen (secondary N) is 1. The summed E-state index contributed by atoms with van der Waals surface area (Å²) in [5.74, 6) is -0.472. The van der Waals surface area contributed by atoms with Crippen LogP contribution in [0.3, 0.4) is 0 Å². The fraction of sp³-hybridized carbons (Fsp3) is 0.200. The van der Waals surface area contributed by atoms with Crippen molar-refractivity contribution in [3.05, 3.63) is 69.7 Å². The fourth-order valence-electron chi connectivity index (χ4n) is 1.77. The molecule has 0 aromatic heterocycles. The summed E-state index contributed by atoms with van der Waals surface area (Å²) in [5.41, 5.74) is 1.98. The van der Waals surface area contributed by atoms with Gasteiger partial charge in [-0.25, -0.2) is 8.78 Å². The van der Waals surface area contributed by atoms with Gasteiger partial charge in [0.15, 0.2) is 0 Å². The first-order valence-electron chi connectivity index (χ1n) is 6.04. The molecule has 4 heteroatoms. The molecule has 2 rings (SSSR count). The van der Waals surface area contributed by atoms with Crippen LogP contribution in [0.5, 0.6) is 0 Å². The Morgan fingerprint density at radius 3 is 2.32 bits per heavy atom. The Balaban J connectivity index is 1.77. The van der Waals surface area contributed by atoms with E-state index >= 15 is 0 Å². The highest BCUT2D eigenvalue weighted by Crippen LogP contribution is 2.16. The van der Waals surface area contributed by atoms with Gasteiger partial charge in [-0.3, -0.25) is 0 Å². The molecule has 0 saturated heterocycles. The number of hydrogen-bond donors (Lipinski definition) is 1. The number of hydrogen-bond acceptors (Lipinski definition) is 1. The highest BCUT2D eigenvalue weighted by atomic mass is 79.9. The molecule has 0 bridgehead atoms. The van der Waals surface area contributed by atoms with Gasteiger partial charge in [0.05, 0.1) is 4.47 Å². The summed E-state index contributed by atoms with van der Waals surface area (Å²) >= 11 is 3.12. The monoisotopic (exact) mass is 325 g/mol. The summed E-state index contributed by atoms with van der Waals surface area (Å²) in [4.78, 5) is 0. The molecule has 1 nitrogen and oxygen atoms in total. The highest BCUT2D eigenvalue weighted by Gasteiger charge is 2.00. The summed E-state index contributed by atoms with van der Waals surface area (Å²) in [6, 6.07) is 11.5. The van der Waals surface area contributed by atoms with Crippen LogP contribution < -0.4 is 5.32 Å². The maximum atomic E-state index is 13.3. The van der Waals surface area contributed by atoms with Crippen molar-refractivity contribution < 1.29 is 8.78 Å². The van der Waals surface area contributed by atoms with Crippen LogP contribution in [0.2, 0.25) is 0 Å². The van der Waals surface area contributed by atoms with Crippen molar-refractivity contribution in [3.63, 3.8) is 0 Å². The summed E-state index contributed by atoms with van der Waals surface area (Å²) in [7, 11) is 0. The normalized spacial score (nSPS) is 10.7. The molecule has 1 N–H and O–H groups in total. The van der Waals surface area contributed by atoms with Crippen molar-refractivity contribution in [1.82, 2.24) is 5.32 Å². The van der Waals surface area contributed by atoms with Crippen LogP contribution in [-0.4, -0.2) is 6.54 Å². The van der Waals surface area contributed by atoms with Gasteiger partial charge in [0.2, 0.25) is 0 Å². The predicted octanol–water partition coefficient (Wildman–Crippen LogP) is 4.06. The first kappa shape index (κ1) is 14.2. The zero-order valence-corrected chi connectivity index (χ0v) is 11.9. The van der Waals surface area contributed by atoms with E-state index < -0.39 is 0 Å². The van der Waals surface area contributed by atoms with Crippen LogP contribution in [0, 0.1) is 11.6 Å². The highest BCUT2D eigenvalue weighted by molar-refractivity contribution is 9.10. The fourth-order valence-corrected chi connectivity index (χ4v) is 2.01. The molecule has 2 aromatic carbocycles. The van der Waals surface area contributed by atoms with Crippen molar-refractivity contribution in [2.75, 3.05) is 6.54 Å². The number of rotatable bonds is 5. The molecule has 100 valence electrons. The molecule has 19 heavy (non-hydrogen) atoms. The van der Waals surface area contributed by atoms with Gasteiger partial charge in [0.1, 0.15) is 11.6 Å². The van der Waals surface area contributed by atoms with Crippen LogP contribution in [0.1, 0.15) is 11.1 Å². The lowest BCUT2D eigenvalue weighted by molar-refractivity contribution is 0.613. The molecular weight excluding hydrogens is 312 g/mol. The summed E-state index contributed by atoms with van der Waals surface area (Å²) in [5, 5.41) is 3.24. The van der Waals surface area contributed by atoms with Gasteiger partial charge in [0, 0.05) is 6.54 Å². The largest absolute Gasteiger partial charge is 0.312 e. The van der Waals surface area contributed by atoms with Crippen molar-refractivity contribution >= 4 is 15.9 Å². The van der Waals surface area contributed by atoms with Crippen molar-refractivity contribution in [3.8, 4) is 0 Å². The lowest BCUT2D eigenvalue weighted by Crippen LogP contribution is -2.16. The van der Waals surface area contributed by atoms with Crippen LogP contribution >= 0.6 is 15.9 Å². The standard InChI is InChI=1S/C15H14BrF2N/c16-14-6-3-12(9-15(14)18)10-19-8-7-11-1-4-13(17)5-2-11/h1-6,9,19H,7-8,10H2. The van der Waals surface area contributed by atoms with E-state index in [9.17, 15) is 8.78 Å². The third-order valence-corrected chi connectivity index (χ3v) is 3.46. The van der Waals surface area contributed by atoms with Gasteiger partial charge < -0.3 is 5.32 Å². The van der Waals surface area contributed by atoms with E-state index in [1.54, 1.807) is 18.2 Å². The molecule has 0 aliphatic heterocycles. The number of benzene rings is 2. The van der Waals surface area contributed by atoms with E-state index in [0.717, 1.165) is 24.1 Å². The van der Waals surface area contributed by atoms with E-state index in [-0.39, 0.29) is 11.6 Å². The van der Waals surface area contributed by atoms with Gasteiger partial charge in [-0.1, -0.05) is 18.2 Å². The van der Waals surface area contributed by atoms with Gasteiger partial charge >= 0.3 is 0 Å². The van der Waals surface area contributed by atoms with E-state index in [0.29, 0.717) is 11.0 Å². The van der Waals surface area contributed by atoms with E-state index in [2.05, 4.69) is 21.2 Å². The minimum atomic E-state index is -0.252. The topological polar surface area (TPSA) is 12.0 Å². The second-order valence-electron chi connectivity index (χ2n) is 4.30. The molecule has 2 aromatic rings. The molecule has 0 spiro atoms. The first-order chi connectivity index (χ1) is 9.15. The van der Waals surface area contributed by atoms with E-state index in [1.165, 1.54) is 18.2 Å². The van der Waals surface area contributed by atoms with Gasteiger partial charge in [-0.2, -0.15) is 0 Å². The Hall–Kier alpha value is -1.26. The van der Waals surface area contributed by atoms with Crippen molar-refractivity contribution in [2.24, 2.45) is 0 Å². The third kappa shape index (κ3) is 4.40. The molecule has 0 radical (unpaired) electrons. The van der Waals surface area contributed by atoms with Gasteiger partial charge in [0.25, 0.3) is 0 Å². The molecule has 0 aliphatic rings. The molecule has 0 heterocycles. The SMILES string of the molecule is Fc1ccc(CCNCc2ccc(Br)c(F)c2)cc1. The van der Waals surface area contributed by atoms with E-state index in [1.807, 2.05) is 6.07 Å². The summed E-state index contributed by atoms with van der Waals surface area (Å²) < 4.78 is 26.5. The van der Waals surface area contributed by atoms with Gasteiger partial charge in [-0.05, 0) is 64.3 Å². The predicted molar refractivity (Wildman–Crippen MR) is 75.9 cm³/mol. The minimum absolute atomic E-state index is 0.220. The third-order valence-electron chi connectivity index (χ3n) is 2.82. The van der Waals surface area contributed by atoms with Gasteiger partial charge in [-0.15, -0.1) is 0 Å². The van der Waals surface area contributed by atoms with Crippen LogP contribution in [0.15, 0.2) is 46.9 Å². The lowest BCUT2D eigenvalue weighted by Gasteiger charge is -2.06. The summed E-state index contributed by atoms with van der Waals surface area (Å²) in [6.07, 6.45) is 0.819. The molecule has 0 unspecified atom stereocenters. The maximum absolute atomic E-state index is 13.3. The quantitative estimate of drug-likeness (QED) is 0.817. The Kier molecular flexibility index (Phi) is 5.05. The molecule has 0 atom stereocenters. The first-order valence-corrected chi connectivity index (χ1v) is 6.83. The molecule has 0 saturated carbocycles. The second kappa shape index (κ2) is 6.78. The minimum Gasteiger partial charge on any atom is -0.312 e. The molecule has 0 amide bonds. The molecule has 0 fully saturated rings. The van der Waals surface area contributed by atoms with Crippen molar-refractivity contribution in [2.45, 2.75) is 13.0 Å². The molecule has 0 aliphatic carbocycles. The lowest BCUT2D eigenvalue weighted by atomic mass is 10.1.